The van der Waals surface area contributed by atoms with Gasteiger partial charge in [0.25, 0.3) is 0 Å². The van der Waals surface area contributed by atoms with Gasteiger partial charge in [-0.1, -0.05) is 0 Å². The first-order valence-electron chi connectivity index (χ1n) is 3.16. The van der Waals surface area contributed by atoms with Gasteiger partial charge >= 0.3 is 0 Å². The Morgan fingerprint density at radius 3 is 3.30 bits per heavy atom. The van der Waals surface area contributed by atoms with Gasteiger partial charge in [-0.3, -0.25) is 4.99 Å². The lowest BCUT2D eigenvalue weighted by Gasteiger charge is -2.06. The minimum Gasteiger partial charge on any atom is -0.471 e. The fourth-order valence-corrected chi connectivity index (χ4v) is 0.923. The Balaban J connectivity index is 2.04. The first-order valence-corrected chi connectivity index (χ1v) is 3.16. The molecule has 0 aromatic heterocycles. The van der Waals surface area contributed by atoms with Crippen LogP contribution in [0, 0.1) is 0 Å². The molecule has 0 spiro atoms. The zero-order chi connectivity index (χ0) is 6.81. The molecule has 2 aliphatic heterocycles. The molecule has 4 heteroatoms. The van der Waals surface area contributed by atoms with Gasteiger partial charge in [-0.2, -0.15) is 0 Å². The molecule has 0 bridgehead atoms. The smallest absolute Gasteiger partial charge is 0.207 e. The average Bonchev–Trinajstić information content (AvgIpc) is 2.59. The van der Waals surface area contributed by atoms with E-state index in [0.29, 0.717) is 13.3 Å². The minimum absolute atomic E-state index is 0.199. The van der Waals surface area contributed by atoms with Crippen molar-refractivity contribution in [3.63, 3.8) is 0 Å². The number of hydrogen-bond donors (Lipinski definition) is 1. The van der Waals surface area contributed by atoms with E-state index in [1.807, 2.05) is 0 Å². The van der Waals surface area contributed by atoms with E-state index in [1.165, 1.54) is 0 Å². The summed E-state index contributed by atoms with van der Waals surface area (Å²) in [5.74, 6) is 0.772. The van der Waals surface area contributed by atoms with Crippen molar-refractivity contribution in [2.24, 2.45) is 4.99 Å². The van der Waals surface area contributed by atoms with Crippen molar-refractivity contribution in [1.29, 1.82) is 0 Å². The van der Waals surface area contributed by atoms with Crippen LogP contribution in [0.4, 0.5) is 0 Å². The van der Waals surface area contributed by atoms with Crippen molar-refractivity contribution in [1.82, 2.24) is 5.32 Å². The summed E-state index contributed by atoms with van der Waals surface area (Å²) in [6.45, 7) is 1.12. The van der Waals surface area contributed by atoms with Crippen molar-refractivity contribution in [2.75, 3.05) is 13.3 Å². The third-order valence-corrected chi connectivity index (χ3v) is 1.38. The average molecular weight is 140 g/mol. The molecule has 2 aliphatic rings. The van der Waals surface area contributed by atoms with Gasteiger partial charge < -0.3 is 14.8 Å². The molecular weight excluding hydrogens is 132 g/mol. The van der Waals surface area contributed by atoms with E-state index >= 15 is 0 Å². The van der Waals surface area contributed by atoms with Gasteiger partial charge in [0.1, 0.15) is 0 Å². The van der Waals surface area contributed by atoms with Gasteiger partial charge in [0, 0.05) is 12.4 Å². The molecule has 0 aromatic carbocycles. The number of hydrogen-bond acceptors (Lipinski definition) is 4. The van der Waals surface area contributed by atoms with Crippen molar-refractivity contribution in [3.8, 4) is 0 Å². The van der Waals surface area contributed by atoms with Crippen molar-refractivity contribution in [3.05, 3.63) is 12.0 Å². The molecule has 0 saturated heterocycles. The molecule has 0 radical (unpaired) electrons. The first-order chi connectivity index (χ1) is 4.97. The minimum atomic E-state index is -0.199. The molecule has 1 unspecified atom stereocenters. The normalized spacial score (nSPS) is 29.6. The quantitative estimate of drug-likeness (QED) is 0.550. The van der Waals surface area contributed by atoms with E-state index in [-0.39, 0.29) is 6.23 Å². The maximum absolute atomic E-state index is 5.18. The fourth-order valence-electron chi connectivity index (χ4n) is 0.923. The lowest BCUT2D eigenvalue weighted by atomic mass is 10.5. The molecule has 54 valence electrons. The Hall–Kier alpha value is -1.03. The third kappa shape index (κ3) is 0.863. The summed E-state index contributed by atoms with van der Waals surface area (Å²) in [5, 5.41) is 2.91. The Kier molecular flexibility index (Phi) is 1.32. The molecule has 2 heterocycles. The van der Waals surface area contributed by atoms with Gasteiger partial charge in [0.2, 0.25) is 6.23 Å². The molecule has 1 atom stereocenters. The Labute approximate surface area is 58.5 Å². The lowest BCUT2D eigenvalue weighted by molar-refractivity contribution is 0.0783. The zero-order valence-electron chi connectivity index (χ0n) is 5.41. The van der Waals surface area contributed by atoms with Gasteiger partial charge in [-0.05, 0) is 0 Å². The van der Waals surface area contributed by atoms with Crippen LogP contribution in [-0.4, -0.2) is 25.8 Å². The summed E-state index contributed by atoms with van der Waals surface area (Å²) in [6.07, 6.45) is 3.33. The van der Waals surface area contributed by atoms with Crippen LogP contribution in [0.2, 0.25) is 0 Å². The summed E-state index contributed by atoms with van der Waals surface area (Å²) < 4.78 is 10.3. The summed E-state index contributed by atoms with van der Waals surface area (Å²) in [6, 6.07) is 0. The van der Waals surface area contributed by atoms with Gasteiger partial charge in [-0.25, -0.2) is 0 Å². The van der Waals surface area contributed by atoms with Gasteiger partial charge in [0.15, 0.2) is 12.5 Å². The van der Waals surface area contributed by atoms with Crippen LogP contribution >= 0.6 is 0 Å². The van der Waals surface area contributed by atoms with Crippen LogP contribution in [0.5, 0.6) is 0 Å². The number of nitrogens with zero attached hydrogens (tertiary/aromatic N) is 1. The van der Waals surface area contributed by atoms with E-state index in [0.717, 1.165) is 5.76 Å². The summed E-state index contributed by atoms with van der Waals surface area (Å²) in [4.78, 5) is 4.04. The monoisotopic (exact) mass is 140 g/mol. The standard InChI is InChI=1S/C6H8N2O2/c1-2-9-6(8-1)5-3-7-4-10-5/h1,3,6-7H,2,4H2. The summed E-state index contributed by atoms with van der Waals surface area (Å²) in [7, 11) is 0. The molecule has 10 heavy (non-hydrogen) atoms. The number of ether oxygens (including phenoxy) is 2. The second kappa shape index (κ2) is 2.30. The van der Waals surface area contributed by atoms with Crippen molar-refractivity contribution >= 4 is 6.21 Å². The van der Waals surface area contributed by atoms with Crippen LogP contribution in [0.3, 0.4) is 0 Å². The van der Waals surface area contributed by atoms with E-state index in [9.17, 15) is 0 Å². The summed E-state index contributed by atoms with van der Waals surface area (Å²) >= 11 is 0. The highest BCUT2D eigenvalue weighted by molar-refractivity contribution is 5.60. The Morgan fingerprint density at radius 2 is 2.70 bits per heavy atom. The summed E-state index contributed by atoms with van der Waals surface area (Å²) in [5.41, 5.74) is 0. The second-order valence-corrected chi connectivity index (χ2v) is 2.06. The van der Waals surface area contributed by atoms with Crippen LogP contribution in [0.25, 0.3) is 0 Å². The first kappa shape index (κ1) is 5.73. The number of aliphatic imine (C=N–C) groups is 1. The highest BCUT2D eigenvalue weighted by Gasteiger charge is 2.20. The molecule has 0 aliphatic carbocycles. The molecular formula is C6H8N2O2. The largest absolute Gasteiger partial charge is 0.471 e. The SMILES string of the molecule is C1=NC(C2=CNCO2)OC1. The number of nitrogens with one attached hydrogen (secondary N) is 1. The van der Waals surface area contributed by atoms with Gasteiger partial charge in [-0.15, -0.1) is 0 Å². The van der Waals surface area contributed by atoms with E-state index < -0.39 is 0 Å². The van der Waals surface area contributed by atoms with E-state index in [2.05, 4.69) is 10.3 Å². The molecule has 1 N–H and O–H groups in total. The van der Waals surface area contributed by atoms with Crippen molar-refractivity contribution in [2.45, 2.75) is 6.23 Å². The van der Waals surface area contributed by atoms with Crippen molar-refractivity contribution < 1.29 is 9.47 Å². The zero-order valence-corrected chi connectivity index (χ0v) is 5.41. The van der Waals surface area contributed by atoms with Crippen LogP contribution < -0.4 is 5.32 Å². The maximum Gasteiger partial charge on any atom is 0.207 e. The predicted octanol–water partition coefficient (Wildman–Crippen LogP) is -0.168. The van der Waals surface area contributed by atoms with Gasteiger partial charge in [0.05, 0.1) is 6.61 Å². The van der Waals surface area contributed by atoms with E-state index in [4.69, 9.17) is 9.47 Å². The molecule has 0 saturated carbocycles. The molecule has 2 rings (SSSR count). The maximum atomic E-state index is 5.18. The predicted molar refractivity (Wildman–Crippen MR) is 35.4 cm³/mol. The lowest BCUT2D eigenvalue weighted by Crippen LogP contribution is -2.08. The second-order valence-electron chi connectivity index (χ2n) is 2.06. The van der Waals surface area contributed by atoms with Crippen LogP contribution in [0.15, 0.2) is 17.0 Å². The molecule has 0 fully saturated rings. The molecule has 0 aromatic rings. The Bertz CT molecular complexity index is 188. The Morgan fingerprint density at radius 1 is 1.70 bits per heavy atom. The molecule has 0 amide bonds. The highest BCUT2D eigenvalue weighted by atomic mass is 16.6. The topological polar surface area (TPSA) is 42.9 Å². The van der Waals surface area contributed by atoms with Crippen LogP contribution in [0.1, 0.15) is 0 Å². The fraction of sp³-hybridized carbons (Fsp3) is 0.500. The molecule has 4 nitrogen and oxygen atoms in total. The highest BCUT2D eigenvalue weighted by Crippen LogP contribution is 2.14. The third-order valence-electron chi connectivity index (χ3n) is 1.38. The van der Waals surface area contributed by atoms with Crippen LogP contribution in [-0.2, 0) is 9.47 Å². The number of rotatable bonds is 1. The van der Waals surface area contributed by atoms with E-state index in [1.54, 1.807) is 12.4 Å².